The predicted molar refractivity (Wildman–Crippen MR) is 79.1 cm³/mol. The van der Waals surface area contributed by atoms with Crippen LogP contribution in [-0.4, -0.2) is 59.6 Å². The summed E-state index contributed by atoms with van der Waals surface area (Å²) in [7, 11) is 2.71. The fraction of sp³-hybridized carbons (Fsp3) is 0.643. The molecule has 10 heteroatoms. The van der Waals surface area contributed by atoms with Gasteiger partial charge in [-0.2, -0.15) is 5.26 Å². The van der Waals surface area contributed by atoms with E-state index in [9.17, 15) is 9.59 Å². The molecule has 2 fully saturated rings. The van der Waals surface area contributed by atoms with Crippen LogP contribution in [0.4, 0.5) is 0 Å². The molecular formula is C14H25N3O6Rh+6. The number of quaternary nitrogens is 2. The van der Waals surface area contributed by atoms with Gasteiger partial charge in [0.2, 0.25) is 0 Å². The van der Waals surface area contributed by atoms with E-state index >= 15 is 0 Å². The third kappa shape index (κ3) is 9.45. The fourth-order valence-electron chi connectivity index (χ4n) is 2.08. The van der Waals surface area contributed by atoms with Gasteiger partial charge in [0, 0.05) is 19.8 Å². The molecule has 2 heterocycles. The van der Waals surface area contributed by atoms with Crippen molar-refractivity contribution in [1.82, 2.24) is 0 Å². The SMILES string of the molecule is CC#N.COC(=O)C1CCC(=[OH+])[NH2+]1.COC(=O)C1CCC(=[OH+])[NH2+]1.[Rh+2]. The van der Waals surface area contributed by atoms with Gasteiger partial charge in [0.15, 0.2) is 12.1 Å². The Morgan fingerprint density at radius 1 is 1.04 bits per heavy atom. The summed E-state index contributed by atoms with van der Waals surface area (Å²) in [6.45, 7) is 1.43. The first kappa shape index (κ1) is 24.6. The first-order valence-corrected chi connectivity index (χ1v) is 7.15. The molecule has 2 unspecified atom stereocenters. The molecule has 0 spiro atoms. The summed E-state index contributed by atoms with van der Waals surface area (Å²) in [5.41, 5.74) is 0. The Bertz CT molecular complexity index is 453. The summed E-state index contributed by atoms with van der Waals surface area (Å²) in [6, 6.07) is 1.31. The zero-order chi connectivity index (χ0) is 17.8. The Hall–Kier alpha value is -1.69. The van der Waals surface area contributed by atoms with Crippen molar-refractivity contribution in [2.45, 2.75) is 44.7 Å². The molecule has 0 bridgehead atoms. The molecular weight excluding hydrogens is 409 g/mol. The van der Waals surface area contributed by atoms with Crippen molar-refractivity contribution in [2.75, 3.05) is 14.2 Å². The van der Waals surface area contributed by atoms with Crippen LogP contribution in [0, 0.1) is 11.3 Å². The van der Waals surface area contributed by atoms with Crippen molar-refractivity contribution in [3.8, 4) is 6.07 Å². The maximum Gasteiger partial charge on any atom is 2.00 e. The van der Waals surface area contributed by atoms with Gasteiger partial charge in [0.05, 0.1) is 20.3 Å². The molecule has 2 amide bonds. The molecule has 0 saturated carbocycles. The minimum Gasteiger partial charge on any atom is -0.465 e. The van der Waals surface area contributed by atoms with Crippen LogP contribution < -0.4 is 10.6 Å². The van der Waals surface area contributed by atoms with E-state index in [0.717, 1.165) is 0 Å². The van der Waals surface area contributed by atoms with Gasteiger partial charge in [-0.1, -0.05) is 0 Å². The second-order valence-electron chi connectivity index (χ2n) is 4.88. The van der Waals surface area contributed by atoms with E-state index in [-0.39, 0.29) is 43.5 Å². The maximum absolute atomic E-state index is 10.8. The molecule has 2 aliphatic heterocycles. The van der Waals surface area contributed by atoms with Gasteiger partial charge >= 0.3 is 43.2 Å². The van der Waals surface area contributed by atoms with Crippen molar-refractivity contribution in [3.63, 3.8) is 0 Å². The molecule has 0 aromatic rings. The van der Waals surface area contributed by atoms with Crippen molar-refractivity contribution in [1.29, 1.82) is 5.26 Å². The third-order valence-electron chi connectivity index (χ3n) is 3.22. The van der Waals surface area contributed by atoms with Crippen LogP contribution in [0.15, 0.2) is 0 Å². The van der Waals surface area contributed by atoms with E-state index in [1.165, 1.54) is 21.1 Å². The van der Waals surface area contributed by atoms with Gasteiger partial charge < -0.3 is 9.47 Å². The first-order chi connectivity index (χ1) is 10.9. The number of esters is 2. The summed E-state index contributed by atoms with van der Waals surface area (Å²) in [4.78, 5) is 39.4. The molecule has 2 saturated heterocycles. The second kappa shape index (κ2) is 13.7. The number of hydrogen-bond donors (Lipinski definition) is 2. The van der Waals surface area contributed by atoms with E-state index < -0.39 is 0 Å². The number of rotatable bonds is 2. The third-order valence-corrected chi connectivity index (χ3v) is 3.22. The van der Waals surface area contributed by atoms with Crippen LogP contribution >= 0.6 is 0 Å². The molecule has 0 aromatic heterocycles. The number of nitriles is 1. The van der Waals surface area contributed by atoms with Crippen LogP contribution in [-0.2, 0) is 38.5 Å². The molecule has 24 heavy (non-hydrogen) atoms. The minimum absolute atomic E-state index is 0. The Balaban J connectivity index is 0. The van der Waals surface area contributed by atoms with Gasteiger partial charge in [-0.25, -0.2) is 29.8 Å². The number of ether oxygens (including phenoxy) is 2. The zero-order valence-corrected chi connectivity index (χ0v) is 15.6. The predicted octanol–water partition coefficient (Wildman–Crippen LogP) is -2.70. The van der Waals surface area contributed by atoms with Crippen LogP contribution in [0.5, 0.6) is 0 Å². The molecule has 135 valence electrons. The number of carbonyl (C=O) groups is 2. The Morgan fingerprint density at radius 2 is 1.33 bits per heavy atom. The molecule has 2 aliphatic rings. The fourth-order valence-corrected chi connectivity index (χ4v) is 2.08. The number of nitrogens with zero attached hydrogens (tertiary/aromatic N) is 1. The van der Waals surface area contributed by atoms with Crippen molar-refractivity contribution >= 4 is 23.8 Å². The first-order valence-electron chi connectivity index (χ1n) is 7.15. The van der Waals surface area contributed by atoms with Crippen LogP contribution in [0.3, 0.4) is 0 Å². The Morgan fingerprint density at radius 3 is 1.50 bits per heavy atom. The number of nitrogens with two attached hydrogens (primary N) is 2. The topological polar surface area (TPSA) is 152 Å². The Kier molecular flexibility index (Phi) is 14.0. The number of primary amides is 2. The van der Waals surface area contributed by atoms with Gasteiger partial charge in [-0.05, 0) is 0 Å². The quantitative estimate of drug-likeness (QED) is 0.275. The minimum atomic E-state index is -0.260. The second-order valence-corrected chi connectivity index (χ2v) is 4.88. The average molecular weight is 434 g/mol. The van der Waals surface area contributed by atoms with Crippen LogP contribution in [0.25, 0.3) is 0 Å². The van der Waals surface area contributed by atoms with Gasteiger partial charge in [0.25, 0.3) is 0 Å². The van der Waals surface area contributed by atoms with E-state index in [2.05, 4.69) is 9.47 Å². The molecule has 2 rings (SSSR count). The van der Waals surface area contributed by atoms with Crippen LogP contribution in [0.2, 0.25) is 0 Å². The monoisotopic (exact) mass is 434 g/mol. The molecule has 2 atom stereocenters. The molecule has 0 aromatic carbocycles. The van der Waals surface area contributed by atoms with Gasteiger partial charge in [0.1, 0.15) is 12.8 Å². The number of carbonyl (C=O) groups excluding carboxylic acids is 4. The summed E-state index contributed by atoms with van der Waals surface area (Å²) < 4.78 is 8.98. The molecule has 1 radical (unpaired) electrons. The maximum atomic E-state index is 10.8. The van der Waals surface area contributed by atoms with Crippen molar-refractivity contribution in [2.24, 2.45) is 0 Å². The average Bonchev–Trinajstić information content (AvgIpc) is 3.16. The van der Waals surface area contributed by atoms with E-state index in [4.69, 9.17) is 14.9 Å². The number of hydrogen-bond acceptors (Lipinski definition) is 5. The zero-order valence-electron chi connectivity index (χ0n) is 13.9. The molecule has 0 aliphatic carbocycles. The normalized spacial score (nSPS) is 21.1. The summed E-state index contributed by atoms with van der Waals surface area (Å²) >= 11 is 0. The molecule has 9 nitrogen and oxygen atoms in total. The van der Waals surface area contributed by atoms with Gasteiger partial charge in [-0.3, -0.25) is 0 Å². The summed E-state index contributed by atoms with van der Waals surface area (Å²) in [6.07, 6.45) is 2.55. The summed E-state index contributed by atoms with van der Waals surface area (Å²) in [5.74, 6) is 0.0823. The number of amides is 2. The molecule has 6 N–H and O–H groups in total. The van der Waals surface area contributed by atoms with E-state index in [1.807, 2.05) is 0 Å². The van der Waals surface area contributed by atoms with Crippen molar-refractivity contribution < 1.29 is 58.8 Å². The van der Waals surface area contributed by atoms with Crippen molar-refractivity contribution in [3.05, 3.63) is 0 Å². The van der Waals surface area contributed by atoms with Crippen LogP contribution in [0.1, 0.15) is 32.6 Å². The van der Waals surface area contributed by atoms with Gasteiger partial charge in [-0.15, -0.1) is 0 Å². The standard InChI is InChI=1S/2C6H9NO3.C2H3N.Rh/c2*1-10-6(9)4-2-3-5(8)7-4;1-2-3;/h2*4H,2-3H2,1H3,(H,7,8);1H3;/q;;;+2/p+4. The summed E-state index contributed by atoms with van der Waals surface area (Å²) in [5, 5.41) is 10.4. The Labute approximate surface area is 153 Å². The van der Waals surface area contributed by atoms with E-state index in [0.29, 0.717) is 37.5 Å². The largest absolute Gasteiger partial charge is 2.00 e. The number of methoxy groups -OCH3 is 2. The van der Waals surface area contributed by atoms with E-state index in [1.54, 1.807) is 16.7 Å². The smallest absolute Gasteiger partial charge is 0.465 e.